The van der Waals surface area contributed by atoms with Crippen molar-refractivity contribution in [3.8, 4) is 5.75 Å². The first kappa shape index (κ1) is 21.3. The molecule has 0 aliphatic heterocycles. The second kappa shape index (κ2) is 8.37. The fourth-order valence-corrected chi connectivity index (χ4v) is 4.75. The maximum absolute atomic E-state index is 13.1. The highest BCUT2D eigenvalue weighted by molar-refractivity contribution is 6.45. The van der Waals surface area contributed by atoms with E-state index in [0.717, 1.165) is 18.4 Å². The molecule has 1 unspecified atom stereocenters. The van der Waals surface area contributed by atoms with Crippen molar-refractivity contribution in [2.75, 3.05) is 6.61 Å². The molecule has 0 heterocycles. The Bertz CT molecular complexity index is 717. The van der Waals surface area contributed by atoms with Gasteiger partial charge in [-0.15, -0.1) is 12.4 Å². The first-order chi connectivity index (χ1) is 11.8. The highest BCUT2D eigenvalue weighted by atomic mass is 35.5. The maximum atomic E-state index is 13.1. The molecule has 0 spiro atoms. The molecular formula is C19H25Cl3N2O2. The van der Waals surface area contributed by atoms with Crippen molar-refractivity contribution >= 4 is 47.2 Å². The molecule has 144 valence electrons. The molecule has 2 aliphatic carbocycles. The van der Waals surface area contributed by atoms with Crippen LogP contribution >= 0.6 is 35.6 Å². The van der Waals surface area contributed by atoms with Crippen LogP contribution in [0.3, 0.4) is 0 Å². The Morgan fingerprint density at radius 1 is 1.35 bits per heavy atom. The first-order valence-electron chi connectivity index (χ1n) is 8.86. The van der Waals surface area contributed by atoms with Crippen LogP contribution in [0.5, 0.6) is 5.75 Å². The Labute approximate surface area is 170 Å². The SMILES string of the molecule is CC1(C2CCCC2)Cc2cc(OCCCC(=N)N)c(Cl)c(Cl)c2C1=O.Cl. The lowest BCUT2D eigenvalue weighted by molar-refractivity contribution is 0.0744. The average molecular weight is 420 g/mol. The van der Waals surface area contributed by atoms with Gasteiger partial charge in [0.05, 0.1) is 17.5 Å². The minimum atomic E-state index is -0.376. The number of fused-ring (bicyclic) bond motifs is 1. The van der Waals surface area contributed by atoms with Crippen LogP contribution in [0.4, 0.5) is 0 Å². The van der Waals surface area contributed by atoms with E-state index >= 15 is 0 Å². The van der Waals surface area contributed by atoms with Gasteiger partial charge in [-0.2, -0.15) is 0 Å². The number of halogens is 3. The van der Waals surface area contributed by atoms with Gasteiger partial charge in [0.25, 0.3) is 0 Å². The lowest BCUT2D eigenvalue weighted by atomic mass is 9.73. The third kappa shape index (κ3) is 3.83. The van der Waals surface area contributed by atoms with Crippen molar-refractivity contribution in [3.05, 3.63) is 27.2 Å². The summed E-state index contributed by atoms with van der Waals surface area (Å²) in [6.07, 6.45) is 6.43. The summed E-state index contributed by atoms with van der Waals surface area (Å²) >= 11 is 12.8. The van der Waals surface area contributed by atoms with Gasteiger partial charge in [0, 0.05) is 17.4 Å². The van der Waals surface area contributed by atoms with Gasteiger partial charge in [-0.05, 0) is 43.2 Å². The lowest BCUT2D eigenvalue weighted by Crippen LogP contribution is -2.32. The second-order valence-electron chi connectivity index (χ2n) is 7.42. The molecule has 4 nitrogen and oxygen atoms in total. The molecule has 1 aromatic rings. The molecule has 0 amide bonds. The number of nitrogens with two attached hydrogens (primary N) is 1. The standard InChI is InChI=1S/C19H24Cl2N2O2.ClH/c1-19(12-5-2-3-6-12)10-11-9-13(25-8-4-7-14(22)23)16(20)17(21)15(11)18(19)24;/h9,12H,2-8,10H2,1H3,(H3,22,23);1H. The van der Waals surface area contributed by atoms with Crippen LogP contribution in [0, 0.1) is 16.7 Å². The number of rotatable bonds is 6. The van der Waals surface area contributed by atoms with E-state index < -0.39 is 0 Å². The summed E-state index contributed by atoms with van der Waals surface area (Å²) in [5, 5.41) is 7.85. The Morgan fingerprint density at radius 3 is 2.62 bits per heavy atom. The Hall–Kier alpha value is -0.970. The minimum Gasteiger partial charge on any atom is -0.492 e. The molecular weight excluding hydrogens is 395 g/mol. The molecule has 7 heteroatoms. The highest BCUT2D eigenvalue weighted by Crippen LogP contribution is 2.52. The molecule has 1 aromatic carbocycles. The molecule has 1 saturated carbocycles. The normalized spacial score (nSPS) is 22.2. The van der Waals surface area contributed by atoms with Crippen molar-refractivity contribution < 1.29 is 9.53 Å². The highest BCUT2D eigenvalue weighted by Gasteiger charge is 2.49. The molecule has 3 N–H and O–H groups in total. The number of amidine groups is 1. The van der Waals surface area contributed by atoms with Gasteiger partial charge in [0.15, 0.2) is 5.78 Å². The van der Waals surface area contributed by atoms with Crippen molar-refractivity contribution in [1.82, 2.24) is 0 Å². The number of ether oxygens (including phenoxy) is 1. The molecule has 0 aromatic heterocycles. The fourth-order valence-electron chi connectivity index (χ4n) is 4.24. The summed E-state index contributed by atoms with van der Waals surface area (Å²) in [6, 6.07) is 1.87. The molecule has 1 fully saturated rings. The van der Waals surface area contributed by atoms with Crippen molar-refractivity contribution in [1.29, 1.82) is 5.41 Å². The van der Waals surface area contributed by atoms with Crippen LogP contribution in [0.2, 0.25) is 10.0 Å². The van der Waals surface area contributed by atoms with Crippen LogP contribution < -0.4 is 10.5 Å². The van der Waals surface area contributed by atoms with E-state index in [1.54, 1.807) is 0 Å². The number of carbonyl (C=O) groups is 1. The molecule has 1 atom stereocenters. The average Bonchev–Trinajstić information content (AvgIpc) is 3.17. The van der Waals surface area contributed by atoms with Crippen molar-refractivity contribution in [3.63, 3.8) is 0 Å². The molecule has 0 bridgehead atoms. The third-order valence-electron chi connectivity index (χ3n) is 5.66. The summed E-state index contributed by atoms with van der Waals surface area (Å²) in [4.78, 5) is 13.1. The van der Waals surface area contributed by atoms with E-state index in [1.807, 2.05) is 6.07 Å². The summed E-state index contributed by atoms with van der Waals surface area (Å²) in [5.74, 6) is 1.20. The van der Waals surface area contributed by atoms with Gasteiger partial charge in [-0.25, -0.2) is 0 Å². The van der Waals surface area contributed by atoms with Gasteiger partial charge in [-0.1, -0.05) is 43.0 Å². The number of nitrogens with one attached hydrogen (secondary N) is 1. The smallest absolute Gasteiger partial charge is 0.171 e. The van der Waals surface area contributed by atoms with Gasteiger partial charge in [0.1, 0.15) is 10.8 Å². The molecule has 2 aliphatic rings. The quantitative estimate of drug-likeness (QED) is 0.366. The third-order valence-corrected chi connectivity index (χ3v) is 6.51. The first-order valence-corrected chi connectivity index (χ1v) is 9.61. The zero-order chi connectivity index (χ0) is 18.2. The largest absolute Gasteiger partial charge is 0.492 e. The van der Waals surface area contributed by atoms with Crippen molar-refractivity contribution in [2.24, 2.45) is 17.1 Å². The second-order valence-corrected chi connectivity index (χ2v) is 8.17. The van der Waals surface area contributed by atoms with Gasteiger partial charge >= 0.3 is 0 Å². The maximum Gasteiger partial charge on any atom is 0.171 e. The molecule has 0 radical (unpaired) electrons. The zero-order valence-electron chi connectivity index (χ0n) is 14.9. The number of benzene rings is 1. The topological polar surface area (TPSA) is 76.2 Å². The van der Waals surface area contributed by atoms with Crippen LogP contribution in [-0.2, 0) is 6.42 Å². The van der Waals surface area contributed by atoms with Crippen LogP contribution in [0.25, 0.3) is 0 Å². The lowest BCUT2D eigenvalue weighted by Gasteiger charge is -2.29. The molecule has 3 rings (SSSR count). The van der Waals surface area contributed by atoms with Crippen molar-refractivity contribution in [2.45, 2.75) is 51.9 Å². The molecule has 26 heavy (non-hydrogen) atoms. The zero-order valence-corrected chi connectivity index (χ0v) is 17.2. The van der Waals surface area contributed by atoms with Gasteiger partial charge in [0.2, 0.25) is 0 Å². The monoisotopic (exact) mass is 418 g/mol. The van der Waals surface area contributed by atoms with Crippen LogP contribution in [0.1, 0.15) is 61.4 Å². The predicted molar refractivity (Wildman–Crippen MR) is 108 cm³/mol. The van der Waals surface area contributed by atoms with E-state index in [1.165, 1.54) is 12.8 Å². The number of hydrogen-bond acceptors (Lipinski definition) is 3. The van der Waals surface area contributed by atoms with E-state index in [-0.39, 0.29) is 29.4 Å². The van der Waals surface area contributed by atoms with Gasteiger partial charge in [-0.3, -0.25) is 10.2 Å². The number of carbonyl (C=O) groups excluding carboxylic acids is 1. The number of Topliss-reactive ketones (excluding diaryl/α,β-unsaturated/α-hetero) is 1. The summed E-state index contributed by atoms with van der Waals surface area (Å²) in [7, 11) is 0. The predicted octanol–water partition coefficient (Wildman–Crippen LogP) is 5.45. The van der Waals surface area contributed by atoms with E-state index in [4.69, 9.17) is 39.1 Å². The minimum absolute atomic E-state index is 0. The Morgan fingerprint density at radius 2 is 2.00 bits per heavy atom. The van der Waals surface area contributed by atoms with Crippen LogP contribution in [-0.4, -0.2) is 18.2 Å². The number of ketones is 1. The van der Waals surface area contributed by atoms with E-state index in [2.05, 4.69) is 6.92 Å². The van der Waals surface area contributed by atoms with E-state index in [9.17, 15) is 4.79 Å². The Kier molecular flexibility index (Phi) is 6.86. The summed E-state index contributed by atoms with van der Waals surface area (Å²) < 4.78 is 5.74. The fraction of sp³-hybridized carbons (Fsp3) is 0.579. The number of hydrogen-bond donors (Lipinski definition) is 2. The summed E-state index contributed by atoms with van der Waals surface area (Å²) in [5.41, 5.74) is 6.49. The summed E-state index contributed by atoms with van der Waals surface area (Å²) in [6.45, 7) is 2.48. The van der Waals surface area contributed by atoms with Crippen LogP contribution in [0.15, 0.2) is 6.07 Å². The van der Waals surface area contributed by atoms with Gasteiger partial charge < -0.3 is 10.5 Å². The van der Waals surface area contributed by atoms with E-state index in [0.29, 0.717) is 53.1 Å². The Balaban J connectivity index is 0.00000243. The molecule has 0 saturated heterocycles.